The van der Waals surface area contributed by atoms with E-state index in [0.717, 1.165) is 17.8 Å². The van der Waals surface area contributed by atoms with E-state index in [9.17, 15) is 0 Å². The molecule has 0 nitrogen and oxygen atoms in total. The lowest BCUT2D eigenvalue weighted by Crippen LogP contribution is -2.13. The molecule has 3 atom stereocenters. The zero-order valence-electron chi connectivity index (χ0n) is 9.01. The Hall–Kier alpha value is -0.520. The molecule has 0 unspecified atom stereocenters. The van der Waals surface area contributed by atoms with E-state index in [4.69, 9.17) is 0 Å². The first kappa shape index (κ1) is 9.05. The second-order valence-electron chi connectivity index (χ2n) is 4.48. The van der Waals surface area contributed by atoms with Gasteiger partial charge in [-0.25, -0.2) is 0 Å². The van der Waals surface area contributed by atoms with Gasteiger partial charge in [-0.15, -0.1) is 0 Å². The third-order valence-electron chi connectivity index (χ3n) is 3.90. The molecule has 13 heavy (non-hydrogen) atoms. The van der Waals surface area contributed by atoms with Crippen LogP contribution in [0.1, 0.15) is 40.0 Å². The van der Waals surface area contributed by atoms with Gasteiger partial charge in [-0.2, -0.15) is 0 Å². The summed E-state index contributed by atoms with van der Waals surface area (Å²) >= 11 is 0. The number of fused-ring (bicyclic) bond motifs is 1. The van der Waals surface area contributed by atoms with E-state index in [2.05, 4.69) is 32.9 Å². The average molecular weight is 176 g/mol. The van der Waals surface area contributed by atoms with Gasteiger partial charge in [0.15, 0.2) is 0 Å². The quantitative estimate of drug-likeness (QED) is 0.559. The van der Waals surface area contributed by atoms with E-state index in [0.29, 0.717) is 0 Å². The van der Waals surface area contributed by atoms with Crippen molar-refractivity contribution in [3.63, 3.8) is 0 Å². The van der Waals surface area contributed by atoms with Gasteiger partial charge in [0.2, 0.25) is 0 Å². The molecule has 0 bridgehead atoms. The third-order valence-corrected chi connectivity index (χ3v) is 3.90. The predicted octanol–water partition coefficient (Wildman–Crippen LogP) is 3.95. The van der Waals surface area contributed by atoms with Gasteiger partial charge in [-0.3, -0.25) is 0 Å². The number of hydrogen-bond acceptors (Lipinski definition) is 0. The molecule has 2 aliphatic rings. The Labute approximate surface area is 81.7 Å². The van der Waals surface area contributed by atoms with Crippen molar-refractivity contribution in [3.8, 4) is 0 Å². The molecule has 0 spiro atoms. The molecular weight excluding hydrogens is 156 g/mol. The van der Waals surface area contributed by atoms with Crippen LogP contribution in [0.5, 0.6) is 0 Å². The molecule has 72 valence electrons. The Morgan fingerprint density at radius 1 is 1.38 bits per heavy atom. The van der Waals surface area contributed by atoms with Crippen LogP contribution < -0.4 is 0 Å². The van der Waals surface area contributed by atoms with Crippen molar-refractivity contribution >= 4 is 0 Å². The number of hydrogen-bond donors (Lipinski definition) is 0. The van der Waals surface area contributed by atoms with E-state index in [1.54, 1.807) is 11.1 Å². The van der Waals surface area contributed by atoms with Crippen molar-refractivity contribution in [2.24, 2.45) is 17.8 Å². The topological polar surface area (TPSA) is 0 Å². The summed E-state index contributed by atoms with van der Waals surface area (Å²) in [7, 11) is 0. The Morgan fingerprint density at radius 3 is 2.77 bits per heavy atom. The van der Waals surface area contributed by atoms with Gasteiger partial charge in [0.25, 0.3) is 0 Å². The fraction of sp³-hybridized carbons (Fsp3) is 0.692. The van der Waals surface area contributed by atoms with E-state index >= 15 is 0 Å². The maximum atomic E-state index is 2.56. The van der Waals surface area contributed by atoms with Gasteiger partial charge in [-0.05, 0) is 43.9 Å². The van der Waals surface area contributed by atoms with E-state index in [1.165, 1.54) is 19.3 Å². The molecule has 0 amide bonds. The Bertz CT molecular complexity index is 257. The third kappa shape index (κ3) is 1.27. The first-order chi connectivity index (χ1) is 6.27. The highest BCUT2D eigenvalue weighted by atomic mass is 14.4. The van der Waals surface area contributed by atoms with Gasteiger partial charge >= 0.3 is 0 Å². The van der Waals surface area contributed by atoms with Crippen molar-refractivity contribution in [3.05, 3.63) is 23.3 Å². The Balaban J connectivity index is 2.23. The van der Waals surface area contributed by atoms with Gasteiger partial charge in [0.1, 0.15) is 0 Å². The van der Waals surface area contributed by atoms with Gasteiger partial charge in [-0.1, -0.05) is 37.1 Å². The number of allylic oxidation sites excluding steroid dienone is 4. The molecule has 0 aromatic rings. The molecule has 0 saturated heterocycles. The van der Waals surface area contributed by atoms with E-state index in [-0.39, 0.29) is 0 Å². The fourth-order valence-electron chi connectivity index (χ4n) is 3.19. The summed E-state index contributed by atoms with van der Waals surface area (Å²) in [5.74, 6) is 2.61. The lowest BCUT2D eigenvalue weighted by molar-refractivity contribution is 0.395. The summed E-state index contributed by atoms with van der Waals surface area (Å²) in [6, 6.07) is 0. The van der Waals surface area contributed by atoms with Crippen molar-refractivity contribution < 1.29 is 0 Å². The van der Waals surface area contributed by atoms with Crippen LogP contribution in [0.3, 0.4) is 0 Å². The maximum Gasteiger partial charge on any atom is -0.00744 e. The van der Waals surface area contributed by atoms with Crippen LogP contribution in [-0.4, -0.2) is 0 Å². The molecule has 0 heterocycles. The largest absolute Gasteiger partial charge is 0.0847 e. The molecule has 0 saturated carbocycles. The van der Waals surface area contributed by atoms with Crippen molar-refractivity contribution in [1.82, 2.24) is 0 Å². The van der Waals surface area contributed by atoms with Gasteiger partial charge in [0.05, 0.1) is 0 Å². The van der Waals surface area contributed by atoms with Crippen LogP contribution >= 0.6 is 0 Å². The summed E-state index contributed by atoms with van der Waals surface area (Å²) in [5.41, 5.74) is 3.38. The standard InChI is InChI=1S/C13H20/c1-4-10-8-11(5-2)13-9(3)6-7-12(10)13/h6,8,11-13H,4-5,7H2,1-3H3/t11-,12-,13+/m0/s1. The molecule has 0 radical (unpaired) electrons. The van der Waals surface area contributed by atoms with Crippen LogP contribution in [0, 0.1) is 17.8 Å². The summed E-state index contributed by atoms with van der Waals surface area (Å²) in [4.78, 5) is 0. The summed E-state index contributed by atoms with van der Waals surface area (Å²) in [6.45, 7) is 6.94. The highest BCUT2D eigenvalue weighted by molar-refractivity contribution is 5.30. The highest BCUT2D eigenvalue weighted by Crippen LogP contribution is 2.49. The van der Waals surface area contributed by atoms with Crippen LogP contribution in [0.2, 0.25) is 0 Å². The molecule has 0 aromatic heterocycles. The normalized spacial score (nSPS) is 37.3. The van der Waals surface area contributed by atoms with Gasteiger partial charge < -0.3 is 0 Å². The SMILES string of the molecule is CCC1=C[C@H](CC)[C@H]2C(C)=CC[C@@H]12. The van der Waals surface area contributed by atoms with E-state index < -0.39 is 0 Å². The Morgan fingerprint density at radius 2 is 2.15 bits per heavy atom. The lowest BCUT2D eigenvalue weighted by Gasteiger charge is -2.20. The average Bonchev–Trinajstić information content (AvgIpc) is 2.67. The molecule has 0 heteroatoms. The van der Waals surface area contributed by atoms with Crippen LogP contribution in [-0.2, 0) is 0 Å². The fourth-order valence-corrected chi connectivity index (χ4v) is 3.19. The van der Waals surface area contributed by atoms with E-state index in [1.807, 2.05) is 0 Å². The Kier molecular flexibility index (Phi) is 2.31. The zero-order valence-corrected chi connectivity index (χ0v) is 9.01. The molecule has 0 aromatic carbocycles. The van der Waals surface area contributed by atoms with Crippen LogP contribution in [0.15, 0.2) is 23.3 Å². The molecule has 0 N–H and O–H groups in total. The van der Waals surface area contributed by atoms with Gasteiger partial charge in [0, 0.05) is 0 Å². The lowest BCUT2D eigenvalue weighted by atomic mass is 9.84. The zero-order chi connectivity index (χ0) is 9.42. The minimum Gasteiger partial charge on any atom is -0.0847 e. The molecule has 0 aliphatic heterocycles. The molecular formula is C13H20. The monoisotopic (exact) mass is 176 g/mol. The second-order valence-corrected chi connectivity index (χ2v) is 4.48. The summed E-state index contributed by atoms with van der Waals surface area (Å²) in [5, 5.41) is 0. The first-order valence-electron chi connectivity index (χ1n) is 5.65. The summed E-state index contributed by atoms with van der Waals surface area (Å²) < 4.78 is 0. The highest BCUT2D eigenvalue weighted by Gasteiger charge is 2.38. The first-order valence-corrected chi connectivity index (χ1v) is 5.65. The molecule has 2 aliphatic carbocycles. The van der Waals surface area contributed by atoms with Crippen molar-refractivity contribution in [1.29, 1.82) is 0 Å². The minimum absolute atomic E-state index is 0.846. The van der Waals surface area contributed by atoms with Crippen LogP contribution in [0.4, 0.5) is 0 Å². The maximum absolute atomic E-state index is 2.56. The smallest absolute Gasteiger partial charge is 0.00744 e. The predicted molar refractivity (Wildman–Crippen MR) is 57.5 cm³/mol. The van der Waals surface area contributed by atoms with Crippen molar-refractivity contribution in [2.75, 3.05) is 0 Å². The second kappa shape index (κ2) is 3.32. The molecule has 0 fully saturated rings. The van der Waals surface area contributed by atoms with Crippen molar-refractivity contribution in [2.45, 2.75) is 40.0 Å². The summed E-state index contributed by atoms with van der Waals surface area (Å²) in [6.07, 6.45) is 8.91. The molecule has 2 rings (SSSR count). The number of rotatable bonds is 2. The minimum atomic E-state index is 0.846. The van der Waals surface area contributed by atoms with Crippen LogP contribution in [0.25, 0.3) is 0 Å².